The van der Waals surface area contributed by atoms with Gasteiger partial charge in [0.2, 0.25) is 5.91 Å². The Morgan fingerprint density at radius 1 is 0.860 bits per heavy atom. The largest absolute Gasteiger partial charge is 0.445 e. The summed E-state index contributed by atoms with van der Waals surface area (Å²) in [5, 5.41) is 0. The molecule has 13 heteroatoms. The fourth-order valence-electron chi connectivity index (χ4n) is 5.76. The Morgan fingerprint density at radius 2 is 1.40 bits per heavy atom. The molecule has 4 rings (SSSR count). The second kappa shape index (κ2) is 18.7. The van der Waals surface area contributed by atoms with Gasteiger partial charge in [0.1, 0.15) is 31.6 Å². The number of hydrogen-bond acceptors (Lipinski definition) is 8. The molecule has 3 aromatic rings. The van der Waals surface area contributed by atoms with Crippen LogP contribution >= 0.6 is 0 Å². The van der Waals surface area contributed by atoms with Gasteiger partial charge in [-0.2, -0.15) is 0 Å². The van der Waals surface area contributed by atoms with Crippen LogP contribution in [0.25, 0.3) is 0 Å². The zero-order valence-electron chi connectivity index (χ0n) is 28.1. The van der Waals surface area contributed by atoms with Crippen LogP contribution in [-0.2, 0) is 43.5 Å². The van der Waals surface area contributed by atoms with Crippen LogP contribution in [0.3, 0.4) is 0 Å². The second-order valence-corrected chi connectivity index (χ2v) is 11.9. The minimum Gasteiger partial charge on any atom is -0.445 e. The minimum absolute atomic E-state index is 0.0113. The zero-order chi connectivity index (χ0) is 35.9. The monoisotopic (exact) mass is 684 g/mol. The Kier molecular flexibility index (Phi) is 13.9. The summed E-state index contributed by atoms with van der Waals surface area (Å²) in [7, 11) is 1.48. The van der Waals surface area contributed by atoms with Crippen molar-refractivity contribution in [1.29, 1.82) is 0 Å². The number of aliphatic imine (C=N–C) groups is 1. The molecule has 4 amide bonds. The van der Waals surface area contributed by atoms with Crippen LogP contribution in [0.4, 0.5) is 9.59 Å². The molecule has 0 bridgehead atoms. The molecule has 3 aromatic carbocycles. The Balaban J connectivity index is 1.58. The average Bonchev–Trinajstić information content (AvgIpc) is 3.64. The Bertz CT molecular complexity index is 1600. The Morgan fingerprint density at radius 3 is 1.94 bits per heavy atom. The van der Waals surface area contributed by atoms with Crippen molar-refractivity contribution < 1.29 is 33.4 Å². The van der Waals surface area contributed by atoms with Crippen LogP contribution in [0, 0.1) is 0 Å². The van der Waals surface area contributed by atoms with Crippen molar-refractivity contribution in [3.63, 3.8) is 0 Å². The van der Waals surface area contributed by atoms with Gasteiger partial charge in [0, 0.05) is 26.6 Å². The number of carbonyl (C=O) groups excluding carboxylic acids is 5. The van der Waals surface area contributed by atoms with Crippen molar-refractivity contribution in [2.75, 3.05) is 20.1 Å². The van der Waals surface area contributed by atoms with E-state index in [0.717, 1.165) is 16.0 Å². The summed E-state index contributed by atoms with van der Waals surface area (Å²) >= 11 is 0. The van der Waals surface area contributed by atoms with E-state index in [2.05, 4.69) is 4.99 Å². The summed E-state index contributed by atoms with van der Waals surface area (Å²) in [6.07, 6.45) is 0.000956. The third kappa shape index (κ3) is 10.4. The molecule has 0 aliphatic carbocycles. The SMILES string of the molecule is CN(C(=O)OCc1ccccc1)[C@H](Cc1ccccc1)C(=O)N1CCC[C@H]1C(=O)N(C(=O)OCc1ccccc1)[C@@H](C=O)CCCN=C(N)N. The van der Waals surface area contributed by atoms with Crippen molar-refractivity contribution in [2.45, 2.75) is 63.4 Å². The molecule has 4 N–H and O–H groups in total. The zero-order valence-corrected chi connectivity index (χ0v) is 28.1. The first-order valence-corrected chi connectivity index (χ1v) is 16.5. The molecule has 1 heterocycles. The van der Waals surface area contributed by atoms with Gasteiger partial charge < -0.3 is 30.6 Å². The van der Waals surface area contributed by atoms with Gasteiger partial charge >= 0.3 is 12.2 Å². The standard InChI is InChI=1S/C37H44N6O7/c1-41(36(47)49-25-28-15-7-3-8-16-28)32(23-27-13-5-2-6-14-27)33(45)42-22-12-20-31(42)34(46)43(30(24-44)19-11-21-40-35(38)39)37(48)50-26-29-17-9-4-10-18-29/h2-10,13-18,24,30-32H,11-12,19-23,25-26H2,1H3,(H4,38,39,40)/t30-,31+,32-/m1/s1. The van der Waals surface area contributed by atoms with E-state index in [1.54, 1.807) is 24.3 Å². The summed E-state index contributed by atoms with van der Waals surface area (Å²) in [4.78, 5) is 75.3. The molecular formula is C37H44N6O7. The summed E-state index contributed by atoms with van der Waals surface area (Å²) in [6, 6.07) is 24.0. The van der Waals surface area contributed by atoms with Crippen LogP contribution < -0.4 is 11.5 Å². The minimum atomic E-state index is -1.20. The van der Waals surface area contributed by atoms with E-state index < -0.39 is 42.1 Å². The van der Waals surface area contributed by atoms with Gasteiger partial charge in [-0.3, -0.25) is 19.5 Å². The van der Waals surface area contributed by atoms with Gasteiger partial charge in [0.15, 0.2) is 5.96 Å². The van der Waals surface area contributed by atoms with Gasteiger partial charge in [0.05, 0.1) is 6.04 Å². The highest BCUT2D eigenvalue weighted by Gasteiger charge is 2.44. The van der Waals surface area contributed by atoms with Crippen molar-refractivity contribution in [1.82, 2.24) is 14.7 Å². The molecule has 1 fully saturated rings. The van der Waals surface area contributed by atoms with E-state index in [0.29, 0.717) is 24.7 Å². The lowest BCUT2D eigenvalue weighted by Crippen LogP contribution is -2.57. The lowest BCUT2D eigenvalue weighted by Gasteiger charge is -2.35. The van der Waals surface area contributed by atoms with E-state index in [-0.39, 0.29) is 51.5 Å². The number of imide groups is 1. The molecule has 0 spiro atoms. The molecule has 1 aliphatic rings. The van der Waals surface area contributed by atoms with E-state index in [1.165, 1.54) is 16.8 Å². The average molecular weight is 685 g/mol. The maximum Gasteiger partial charge on any atom is 0.417 e. The number of nitrogens with two attached hydrogens (primary N) is 2. The Hall–Kier alpha value is -5.72. The maximum atomic E-state index is 14.4. The van der Waals surface area contributed by atoms with Crippen LogP contribution in [0.2, 0.25) is 0 Å². The quantitative estimate of drug-likeness (QED) is 0.105. The van der Waals surface area contributed by atoms with Crippen LogP contribution in [0.5, 0.6) is 0 Å². The molecule has 13 nitrogen and oxygen atoms in total. The fraction of sp³-hybridized carbons (Fsp3) is 0.351. The molecule has 1 saturated heterocycles. The van der Waals surface area contributed by atoms with Gasteiger partial charge in [-0.25, -0.2) is 14.5 Å². The summed E-state index contributed by atoms with van der Waals surface area (Å²) in [5.74, 6) is -1.36. The molecule has 0 radical (unpaired) electrons. The molecule has 0 aromatic heterocycles. The van der Waals surface area contributed by atoms with Crippen molar-refractivity contribution in [3.8, 4) is 0 Å². The molecule has 50 heavy (non-hydrogen) atoms. The highest BCUT2D eigenvalue weighted by atomic mass is 16.6. The van der Waals surface area contributed by atoms with Crippen LogP contribution in [0.1, 0.15) is 42.4 Å². The number of likely N-dealkylation sites (tertiary alicyclic amines) is 1. The lowest BCUT2D eigenvalue weighted by atomic mass is 10.0. The van der Waals surface area contributed by atoms with Crippen LogP contribution in [0.15, 0.2) is 96.0 Å². The van der Waals surface area contributed by atoms with Crippen LogP contribution in [-0.4, -0.2) is 89.2 Å². The number of ether oxygens (including phenoxy) is 2. The number of benzene rings is 3. The number of hydrogen-bond donors (Lipinski definition) is 2. The molecule has 264 valence electrons. The number of nitrogens with zero attached hydrogens (tertiary/aromatic N) is 4. The third-order valence-electron chi connectivity index (χ3n) is 8.42. The van der Waals surface area contributed by atoms with Gasteiger partial charge in [0.25, 0.3) is 5.91 Å². The first-order valence-electron chi connectivity index (χ1n) is 16.5. The number of carbonyl (C=O) groups is 5. The van der Waals surface area contributed by atoms with Crippen molar-refractivity contribution in [3.05, 3.63) is 108 Å². The summed E-state index contributed by atoms with van der Waals surface area (Å²) < 4.78 is 11.1. The molecule has 1 aliphatic heterocycles. The fourth-order valence-corrected chi connectivity index (χ4v) is 5.76. The second-order valence-electron chi connectivity index (χ2n) is 11.9. The number of rotatable bonds is 15. The number of likely N-dealkylation sites (N-methyl/N-ethyl adjacent to an activating group) is 1. The highest BCUT2D eigenvalue weighted by molar-refractivity contribution is 6.00. The number of guanidine groups is 1. The maximum absolute atomic E-state index is 14.4. The van der Waals surface area contributed by atoms with E-state index >= 15 is 0 Å². The van der Waals surface area contributed by atoms with Gasteiger partial charge in [-0.05, 0) is 42.4 Å². The molecule has 3 atom stereocenters. The molecular weight excluding hydrogens is 640 g/mol. The van der Waals surface area contributed by atoms with Gasteiger partial charge in [-0.15, -0.1) is 0 Å². The van der Waals surface area contributed by atoms with E-state index in [4.69, 9.17) is 20.9 Å². The smallest absolute Gasteiger partial charge is 0.417 e. The summed E-state index contributed by atoms with van der Waals surface area (Å²) in [6.45, 7) is 0.259. The number of aldehydes is 1. The summed E-state index contributed by atoms with van der Waals surface area (Å²) in [5.41, 5.74) is 13.1. The predicted octanol–water partition coefficient (Wildman–Crippen LogP) is 3.64. The van der Waals surface area contributed by atoms with E-state index in [1.807, 2.05) is 66.7 Å². The van der Waals surface area contributed by atoms with Gasteiger partial charge in [-0.1, -0.05) is 91.0 Å². The topological polar surface area (TPSA) is 178 Å². The highest BCUT2D eigenvalue weighted by Crippen LogP contribution is 2.25. The third-order valence-corrected chi connectivity index (χ3v) is 8.42. The Labute approximate surface area is 291 Å². The number of amides is 4. The predicted molar refractivity (Wildman–Crippen MR) is 186 cm³/mol. The van der Waals surface area contributed by atoms with E-state index in [9.17, 15) is 24.0 Å². The lowest BCUT2D eigenvalue weighted by molar-refractivity contribution is -0.147. The normalized spacial score (nSPS) is 14.9. The first kappa shape index (κ1) is 37.1. The first-order chi connectivity index (χ1) is 24.2. The van der Waals surface area contributed by atoms with Crippen molar-refractivity contribution >= 4 is 36.2 Å². The van der Waals surface area contributed by atoms with Crippen molar-refractivity contribution in [2.24, 2.45) is 16.5 Å². The molecule has 0 saturated carbocycles. The molecule has 0 unspecified atom stereocenters.